The Kier molecular flexibility index (Phi) is 5.41. The van der Waals surface area contributed by atoms with Crippen LogP contribution in [0.3, 0.4) is 0 Å². The van der Waals surface area contributed by atoms with E-state index < -0.39 is 5.97 Å². The van der Waals surface area contributed by atoms with E-state index in [-0.39, 0.29) is 30.3 Å². The Hall–Kier alpha value is -1.10. The molecule has 3 N–H and O–H groups in total. The molecular formula is C12H22N2O3. The standard InChI is InChI=1S/C12H22N2O3/c1-3-4-9(7-11(15)16)14-12(17)10-5-6-13-8(10)2/h8-10,13H,3-7H2,1-2H3,(H,14,17)(H,15,16). The number of carbonyl (C=O) groups is 2. The highest BCUT2D eigenvalue weighted by Crippen LogP contribution is 2.16. The number of hydrogen-bond donors (Lipinski definition) is 3. The third kappa shape index (κ3) is 4.34. The first-order chi connectivity index (χ1) is 8.04. The van der Waals surface area contributed by atoms with Crippen LogP contribution >= 0.6 is 0 Å². The number of aliphatic carboxylic acids is 1. The van der Waals surface area contributed by atoms with Crippen molar-refractivity contribution in [3.8, 4) is 0 Å². The normalized spacial score (nSPS) is 25.5. The molecule has 0 radical (unpaired) electrons. The molecule has 1 aliphatic rings. The van der Waals surface area contributed by atoms with Gasteiger partial charge in [0.05, 0.1) is 12.3 Å². The number of nitrogens with one attached hydrogen (secondary N) is 2. The van der Waals surface area contributed by atoms with E-state index in [0.29, 0.717) is 6.42 Å². The van der Waals surface area contributed by atoms with Crippen molar-refractivity contribution in [3.63, 3.8) is 0 Å². The van der Waals surface area contributed by atoms with E-state index in [0.717, 1.165) is 19.4 Å². The van der Waals surface area contributed by atoms with Gasteiger partial charge in [0.15, 0.2) is 0 Å². The number of rotatable bonds is 6. The van der Waals surface area contributed by atoms with Gasteiger partial charge in [0.2, 0.25) is 5.91 Å². The molecule has 0 aromatic carbocycles. The summed E-state index contributed by atoms with van der Waals surface area (Å²) in [7, 11) is 0. The van der Waals surface area contributed by atoms with Crippen molar-refractivity contribution in [2.45, 2.75) is 51.6 Å². The number of carboxylic acid groups (broad SMARTS) is 1. The summed E-state index contributed by atoms with van der Waals surface area (Å²) in [4.78, 5) is 22.7. The second-order valence-electron chi connectivity index (χ2n) is 4.73. The zero-order chi connectivity index (χ0) is 12.8. The molecule has 0 aromatic heterocycles. The van der Waals surface area contributed by atoms with E-state index in [4.69, 9.17) is 5.11 Å². The first-order valence-electron chi connectivity index (χ1n) is 6.30. The molecular weight excluding hydrogens is 220 g/mol. The maximum Gasteiger partial charge on any atom is 0.305 e. The minimum atomic E-state index is -0.860. The fourth-order valence-corrected chi connectivity index (χ4v) is 2.31. The highest BCUT2D eigenvalue weighted by atomic mass is 16.4. The Balaban J connectivity index is 2.47. The lowest BCUT2D eigenvalue weighted by atomic mass is 9.99. The van der Waals surface area contributed by atoms with Gasteiger partial charge in [-0.25, -0.2) is 0 Å². The highest BCUT2D eigenvalue weighted by molar-refractivity contribution is 5.80. The van der Waals surface area contributed by atoms with Crippen LogP contribution in [-0.2, 0) is 9.59 Å². The average molecular weight is 242 g/mol. The lowest BCUT2D eigenvalue weighted by molar-refractivity contribution is -0.137. The summed E-state index contributed by atoms with van der Waals surface area (Å²) in [5, 5.41) is 14.9. The fourth-order valence-electron chi connectivity index (χ4n) is 2.31. The summed E-state index contributed by atoms with van der Waals surface area (Å²) in [6, 6.07) is -0.0556. The van der Waals surface area contributed by atoms with Gasteiger partial charge in [0.1, 0.15) is 0 Å². The molecule has 3 unspecified atom stereocenters. The smallest absolute Gasteiger partial charge is 0.305 e. The number of hydrogen-bond acceptors (Lipinski definition) is 3. The number of carbonyl (C=O) groups excluding carboxylic acids is 1. The topological polar surface area (TPSA) is 78.4 Å². The first kappa shape index (κ1) is 14.0. The van der Waals surface area contributed by atoms with E-state index in [9.17, 15) is 9.59 Å². The van der Waals surface area contributed by atoms with Gasteiger partial charge in [-0.3, -0.25) is 9.59 Å². The summed E-state index contributed by atoms with van der Waals surface area (Å²) in [5.41, 5.74) is 0. The lowest BCUT2D eigenvalue weighted by Crippen LogP contribution is -2.43. The molecule has 1 heterocycles. The molecule has 1 saturated heterocycles. The minimum Gasteiger partial charge on any atom is -0.481 e. The zero-order valence-electron chi connectivity index (χ0n) is 10.5. The molecule has 0 spiro atoms. The monoisotopic (exact) mass is 242 g/mol. The second-order valence-corrected chi connectivity index (χ2v) is 4.73. The van der Waals surface area contributed by atoms with Crippen LogP contribution < -0.4 is 10.6 Å². The Morgan fingerprint density at radius 2 is 2.24 bits per heavy atom. The van der Waals surface area contributed by atoms with Crippen LogP contribution in [0.2, 0.25) is 0 Å². The van der Waals surface area contributed by atoms with Crippen LogP contribution in [0, 0.1) is 5.92 Å². The van der Waals surface area contributed by atoms with Crippen molar-refractivity contribution in [1.29, 1.82) is 0 Å². The quantitative estimate of drug-likeness (QED) is 0.642. The van der Waals surface area contributed by atoms with Crippen molar-refractivity contribution in [2.24, 2.45) is 5.92 Å². The Morgan fingerprint density at radius 3 is 2.71 bits per heavy atom. The van der Waals surface area contributed by atoms with Gasteiger partial charge in [-0.05, 0) is 26.3 Å². The lowest BCUT2D eigenvalue weighted by Gasteiger charge is -2.20. The van der Waals surface area contributed by atoms with Crippen molar-refractivity contribution in [2.75, 3.05) is 6.54 Å². The molecule has 0 bridgehead atoms. The van der Waals surface area contributed by atoms with E-state index in [1.54, 1.807) is 0 Å². The Labute approximate surface area is 102 Å². The van der Waals surface area contributed by atoms with Gasteiger partial charge in [0, 0.05) is 12.1 Å². The maximum atomic E-state index is 12.0. The summed E-state index contributed by atoms with van der Waals surface area (Å²) in [6.07, 6.45) is 2.43. The summed E-state index contributed by atoms with van der Waals surface area (Å²) in [6.45, 7) is 4.83. The maximum absolute atomic E-state index is 12.0. The summed E-state index contributed by atoms with van der Waals surface area (Å²) in [5.74, 6) is -0.897. The van der Waals surface area contributed by atoms with Crippen LogP contribution in [0.1, 0.15) is 39.5 Å². The molecule has 1 rings (SSSR count). The zero-order valence-corrected chi connectivity index (χ0v) is 10.5. The number of carboxylic acids is 1. The number of amides is 1. The van der Waals surface area contributed by atoms with Gasteiger partial charge in [-0.15, -0.1) is 0 Å². The SMILES string of the molecule is CCCC(CC(=O)O)NC(=O)C1CCNC1C. The van der Waals surface area contributed by atoms with Gasteiger partial charge >= 0.3 is 5.97 Å². The van der Waals surface area contributed by atoms with Crippen molar-refractivity contribution >= 4 is 11.9 Å². The molecule has 3 atom stereocenters. The molecule has 1 fully saturated rings. The molecule has 1 aliphatic heterocycles. The van der Waals surface area contributed by atoms with E-state index >= 15 is 0 Å². The summed E-state index contributed by atoms with van der Waals surface area (Å²) >= 11 is 0. The Bertz CT molecular complexity index is 281. The van der Waals surface area contributed by atoms with Gasteiger partial charge in [-0.1, -0.05) is 13.3 Å². The molecule has 0 aromatic rings. The largest absolute Gasteiger partial charge is 0.481 e. The minimum absolute atomic E-state index is 0.00805. The van der Waals surface area contributed by atoms with Crippen LogP contribution in [-0.4, -0.2) is 35.6 Å². The molecule has 5 nitrogen and oxygen atoms in total. The van der Waals surface area contributed by atoms with E-state index in [1.165, 1.54) is 0 Å². The van der Waals surface area contributed by atoms with Gasteiger partial charge in [-0.2, -0.15) is 0 Å². The molecule has 0 saturated carbocycles. The predicted molar refractivity (Wildman–Crippen MR) is 64.7 cm³/mol. The van der Waals surface area contributed by atoms with Crippen LogP contribution in [0.4, 0.5) is 0 Å². The van der Waals surface area contributed by atoms with Gasteiger partial charge < -0.3 is 15.7 Å². The second kappa shape index (κ2) is 6.59. The van der Waals surface area contributed by atoms with E-state index in [1.807, 2.05) is 13.8 Å². The average Bonchev–Trinajstić information content (AvgIpc) is 2.63. The molecule has 0 aliphatic carbocycles. The van der Waals surface area contributed by atoms with Crippen LogP contribution in [0.5, 0.6) is 0 Å². The third-order valence-electron chi connectivity index (χ3n) is 3.27. The molecule has 98 valence electrons. The highest BCUT2D eigenvalue weighted by Gasteiger charge is 2.30. The van der Waals surface area contributed by atoms with Crippen molar-refractivity contribution in [1.82, 2.24) is 10.6 Å². The fraction of sp³-hybridized carbons (Fsp3) is 0.833. The molecule has 1 amide bonds. The third-order valence-corrected chi connectivity index (χ3v) is 3.27. The van der Waals surface area contributed by atoms with E-state index in [2.05, 4.69) is 10.6 Å². The first-order valence-corrected chi connectivity index (χ1v) is 6.30. The van der Waals surface area contributed by atoms with Crippen molar-refractivity contribution in [3.05, 3.63) is 0 Å². The molecule has 17 heavy (non-hydrogen) atoms. The summed E-state index contributed by atoms with van der Waals surface area (Å²) < 4.78 is 0. The van der Waals surface area contributed by atoms with Crippen LogP contribution in [0.15, 0.2) is 0 Å². The Morgan fingerprint density at radius 1 is 1.53 bits per heavy atom. The van der Waals surface area contributed by atoms with Crippen molar-refractivity contribution < 1.29 is 14.7 Å². The molecule has 5 heteroatoms. The van der Waals surface area contributed by atoms with Crippen LogP contribution in [0.25, 0.3) is 0 Å². The predicted octanol–water partition coefficient (Wildman–Crippen LogP) is 0.744. The van der Waals surface area contributed by atoms with Gasteiger partial charge in [0.25, 0.3) is 0 Å².